The molecule has 0 spiro atoms. The molecule has 0 unspecified atom stereocenters. The van der Waals surface area contributed by atoms with Crippen molar-refractivity contribution in [3.05, 3.63) is 54.4 Å². The number of aromatic nitrogens is 3. The smallest absolute Gasteiger partial charge is 0.228 e. The third-order valence-corrected chi connectivity index (χ3v) is 4.59. The van der Waals surface area contributed by atoms with Crippen LogP contribution in [0.2, 0.25) is 0 Å². The van der Waals surface area contributed by atoms with Gasteiger partial charge in [0, 0.05) is 44.0 Å². The zero-order valence-corrected chi connectivity index (χ0v) is 15.7. The first-order valence-corrected chi connectivity index (χ1v) is 9.35. The Kier molecular flexibility index (Phi) is 5.48. The van der Waals surface area contributed by atoms with Crippen molar-refractivity contribution in [2.24, 2.45) is 0 Å². The molecule has 0 bridgehead atoms. The van der Waals surface area contributed by atoms with Crippen LogP contribution < -0.4 is 9.64 Å². The van der Waals surface area contributed by atoms with Crippen LogP contribution in [0.25, 0.3) is 11.3 Å². The number of rotatable bonds is 6. The summed E-state index contributed by atoms with van der Waals surface area (Å²) in [5.41, 5.74) is 0.690. The molecule has 28 heavy (non-hydrogen) atoms. The number of hydrogen-bond donors (Lipinski definition) is 0. The first kappa shape index (κ1) is 18.4. The van der Waals surface area contributed by atoms with Gasteiger partial charge in [0.05, 0.1) is 19.3 Å². The van der Waals surface area contributed by atoms with Crippen LogP contribution in [0.5, 0.6) is 5.88 Å². The van der Waals surface area contributed by atoms with E-state index in [2.05, 4.69) is 24.8 Å². The van der Waals surface area contributed by atoms with Crippen LogP contribution in [0.15, 0.2) is 47.1 Å². The van der Waals surface area contributed by atoms with Gasteiger partial charge in [0.1, 0.15) is 5.82 Å². The van der Waals surface area contributed by atoms with E-state index in [9.17, 15) is 4.39 Å². The van der Waals surface area contributed by atoms with Gasteiger partial charge in [-0.2, -0.15) is 4.98 Å². The van der Waals surface area contributed by atoms with Crippen molar-refractivity contribution in [3.63, 3.8) is 0 Å². The molecule has 1 aromatic carbocycles. The Morgan fingerprint density at radius 3 is 2.79 bits per heavy atom. The minimum atomic E-state index is -0.290. The Labute approximate surface area is 162 Å². The fourth-order valence-electron chi connectivity index (χ4n) is 3.17. The van der Waals surface area contributed by atoms with Crippen molar-refractivity contribution in [1.82, 2.24) is 19.9 Å². The number of ether oxygens (including phenoxy) is 1. The quantitative estimate of drug-likeness (QED) is 0.648. The molecule has 0 saturated carbocycles. The Morgan fingerprint density at radius 1 is 1.14 bits per heavy atom. The van der Waals surface area contributed by atoms with Crippen LogP contribution in [-0.2, 0) is 6.54 Å². The Balaban J connectivity index is 1.34. The van der Waals surface area contributed by atoms with Crippen molar-refractivity contribution in [2.75, 3.05) is 37.7 Å². The van der Waals surface area contributed by atoms with Gasteiger partial charge in [-0.05, 0) is 19.1 Å². The van der Waals surface area contributed by atoms with E-state index in [0.717, 1.165) is 26.2 Å². The molecule has 146 valence electrons. The number of hydrogen-bond acceptors (Lipinski definition) is 7. The summed E-state index contributed by atoms with van der Waals surface area (Å²) < 4.78 is 24.6. The van der Waals surface area contributed by atoms with Crippen LogP contribution in [0.3, 0.4) is 0 Å². The molecule has 1 saturated heterocycles. The number of halogens is 1. The van der Waals surface area contributed by atoms with Crippen molar-refractivity contribution >= 4 is 5.95 Å². The van der Waals surface area contributed by atoms with Gasteiger partial charge in [-0.1, -0.05) is 12.1 Å². The van der Waals surface area contributed by atoms with Gasteiger partial charge in [-0.3, -0.25) is 4.90 Å². The minimum Gasteiger partial charge on any atom is -0.478 e. The molecule has 0 radical (unpaired) electrons. The topological polar surface area (TPSA) is 67.5 Å². The van der Waals surface area contributed by atoms with E-state index in [1.165, 1.54) is 12.1 Å². The summed E-state index contributed by atoms with van der Waals surface area (Å²) >= 11 is 0. The highest BCUT2D eigenvalue weighted by Crippen LogP contribution is 2.22. The number of piperazine rings is 1. The molecule has 1 aliphatic rings. The highest BCUT2D eigenvalue weighted by atomic mass is 19.1. The van der Waals surface area contributed by atoms with E-state index in [-0.39, 0.29) is 5.82 Å². The Bertz CT molecular complexity index is 924. The average Bonchev–Trinajstić information content (AvgIpc) is 3.18. The zero-order valence-electron chi connectivity index (χ0n) is 15.7. The fourth-order valence-corrected chi connectivity index (χ4v) is 3.17. The predicted octanol–water partition coefficient (Wildman–Crippen LogP) is 2.99. The van der Waals surface area contributed by atoms with Crippen molar-refractivity contribution in [1.29, 1.82) is 0 Å². The fraction of sp³-hybridized carbons (Fsp3) is 0.350. The van der Waals surface area contributed by atoms with Gasteiger partial charge < -0.3 is 14.1 Å². The molecule has 1 aliphatic heterocycles. The second-order valence-corrected chi connectivity index (χ2v) is 6.52. The third kappa shape index (κ3) is 4.28. The summed E-state index contributed by atoms with van der Waals surface area (Å²) in [6.07, 6.45) is 3.37. The third-order valence-electron chi connectivity index (χ3n) is 4.59. The van der Waals surface area contributed by atoms with Gasteiger partial charge in [0.15, 0.2) is 5.76 Å². The first-order chi connectivity index (χ1) is 13.7. The molecular weight excluding hydrogens is 361 g/mol. The number of anilines is 1. The molecule has 3 heterocycles. The molecule has 0 atom stereocenters. The Morgan fingerprint density at radius 2 is 2.00 bits per heavy atom. The summed E-state index contributed by atoms with van der Waals surface area (Å²) in [4.78, 5) is 17.6. The highest BCUT2D eigenvalue weighted by Gasteiger charge is 2.21. The lowest BCUT2D eigenvalue weighted by Crippen LogP contribution is -2.46. The standard InChI is InChI=1S/C20H22FN5O2/c1-2-27-18-6-7-22-20(24-18)26-10-8-25(9-11-26)14-19-23-13-17(28-19)15-4-3-5-16(21)12-15/h3-7,12-13H,2,8-11,14H2,1H3. The van der Waals surface area contributed by atoms with E-state index >= 15 is 0 Å². The second kappa shape index (κ2) is 8.35. The van der Waals surface area contributed by atoms with E-state index < -0.39 is 0 Å². The zero-order chi connectivity index (χ0) is 19.3. The predicted molar refractivity (Wildman–Crippen MR) is 103 cm³/mol. The maximum absolute atomic E-state index is 13.4. The molecule has 0 amide bonds. The van der Waals surface area contributed by atoms with E-state index in [1.807, 2.05) is 13.0 Å². The normalized spacial score (nSPS) is 15.0. The van der Waals surface area contributed by atoms with Crippen molar-refractivity contribution in [3.8, 4) is 17.2 Å². The summed E-state index contributed by atoms with van der Waals surface area (Å²) in [6.45, 7) is 6.45. The maximum Gasteiger partial charge on any atom is 0.228 e. The van der Waals surface area contributed by atoms with Crippen LogP contribution in [0.4, 0.5) is 10.3 Å². The number of benzene rings is 1. The molecule has 2 aromatic heterocycles. The summed E-state index contributed by atoms with van der Waals surface area (Å²) in [6, 6.07) is 8.09. The van der Waals surface area contributed by atoms with Crippen LogP contribution >= 0.6 is 0 Å². The van der Waals surface area contributed by atoms with Gasteiger partial charge in [-0.15, -0.1) is 0 Å². The second-order valence-electron chi connectivity index (χ2n) is 6.52. The van der Waals surface area contributed by atoms with Crippen LogP contribution in [0, 0.1) is 5.82 Å². The lowest BCUT2D eigenvalue weighted by molar-refractivity contribution is 0.226. The van der Waals surface area contributed by atoms with E-state index in [0.29, 0.717) is 42.2 Å². The molecule has 7 nitrogen and oxygen atoms in total. The van der Waals surface area contributed by atoms with Crippen LogP contribution in [-0.4, -0.2) is 52.6 Å². The largest absolute Gasteiger partial charge is 0.478 e. The Hall–Kier alpha value is -3.00. The van der Waals surface area contributed by atoms with E-state index in [4.69, 9.17) is 9.15 Å². The molecular formula is C20H22FN5O2. The lowest BCUT2D eigenvalue weighted by atomic mass is 10.2. The van der Waals surface area contributed by atoms with Crippen molar-refractivity contribution < 1.29 is 13.5 Å². The maximum atomic E-state index is 13.4. The SMILES string of the molecule is CCOc1ccnc(N2CCN(Cc3ncc(-c4cccc(F)c4)o3)CC2)n1. The van der Waals surface area contributed by atoms with E-state index in [1.54, 1.807) is 24.5 Å². The monoisotopic (exact) mass is 383 g/mol. The van der Waals surface area contributed by atoms with Gasteiger partial charge in [0.2, 0.25) is 17.7 Å². The summed E-state index contributed by atoms with van der Waals surface area (Å²) in [5, 5.41) is 0. The number of oxazole rings is 1. The molecule has 1 fully saturated rings. The van der Waals surface area contributed by atoms with Gasteiger partial charge >= 0.3 is 0 Å². The average molecular weight is 383 g/mol. The highest BCUT2D eigenvalue weighted by molar-refractivity contribution is 5.56. The van der Waals surface area contributed by atoms with Gasteiger partial charge in [0.25, 0.3) is 0 Å². The molecule has 4 rings (SSSR count). The van der Waals surface area contributed by atoms with Crippen LogP contribution in [0.1, 0.15) is 12.8 Å². The molecule has 3 aromatic rings. The minimum absolute atomic E-state index is 0.290. The first-order valence-electron chi connectivity index (χ1n) is 9.35. The van der Waals surface area contributed by atoms with Gasteiger partial charge in [-0.25, -0.2) is 14.4 Å². The molecule has 0 N–H and O–H groups in total. The summed E-state index contributed by atoms with van der Waals surface area (Å²) in [5.74, 6) is 2.20. The molecule has 8 heteroatoms. The summed E-state index contributed by atoms with van der Waals surface area (Å²) in [7, 11) is 0. The number of nitrogens with zero attached hydrogens (tertiary/aromatic N) is 5. The molecule has 0 aliphatic carbocycles. The lowest BCUT2D eigenvalue weighted by Gasteiger charge is -2.34. The van der Waals surface area contributed by atoms with Crippen molar-refractivity contribution in [2.45, 2.75) is 13.5 Å².